The van der Waals surface area contributed by atoms with Crippen molar-refractivity contribution in [3.8, 4) is 0 Å². The molecule has 0 radical (unpaired) electrons. The van der Waals surface area contributed by atoms with E-state index in [2.05, 4.69) is 5.32 Å². The van der Waals surface area contributed by atoms with E-state index in [4.69, 9.17) is 0 Å². The molecular weight excluding hydrogens is 270 g/mol. The third-order valence-corrected chi connectivity index (χ3v) is 4.48. The van der Waals surface area contributed by atoms with Crippen molar-refractivity contribution < 1.29 is 13.3 Å². The minimum absolute atomic E-state index is 0.0143. The van der Waals surface area contributed by atoms with Gasteiger partial charge < -0.3 is 5.32 Å². The van der Waals surface area contributed by atoms with E-state index in [0.29, 0.717) is 11.3 Å². The predicted octanol–water partition coefficient (Wildman–Crippen LogP) is 1.21. The van der Waals surface area contributed by atoms with E-state index in [1.165, 1.54) is 20.2 Å². The van der Waals surface area contributed by atoms with Crippen LogP contribution in [-0.2, 0) is 10.0 Å². The van der Waals surface area contributed by atoms with Gasteiger partial charge >= 0.3 is 0 Å². The van der Waals surface area contributed by atoms with Crippen LogP contribution in [0.1, 0.15) is 5.56 Å². The topological polar surface area (TPSA) is 92.6 Å². The highest BCUT2D eigenvalue weighted by Gasteiger charge is 2.14. The fourth-order valence-corrected chi connectivity index (χ4v) is 2.15. The van der Waals surface area contributed by atoms with E-state index in [1.807, 2.05) is 0 Å². The summed E-state index contributed by atoms with van der Waals surface area (Å²) < 4.78 is 24.2. The lowest BCUT2D eigenvalue weighted by Gasteiger charge is -2.12. The van der Waals surface area contributed by atoms with Crippen LogP contribution in [0.15, 0.2) is 18.2 Å². The van der Waals surface area contributed by atoms with Gasteiger partial charge in [-0.15, -0.1) is 0 Å². The Morgan fingerprint density at radius 1 is 1.37 bits per heavy atom. The quantitative estimate of drug-likeness (QED) is 0.627. The summed E-state index contributed by atoms with van der Waals surface area (Å²) in [5, 5.41) is 13.6. The molecule has 0 spiro atoms. The van der Waals surface area contributed by atoms with E-state index in [1.54, 1.807) is 19.1 Å². The molecule has 0 amide bonds. The van der Waals surface area contributed by atoms with Crippen LogP contribution in [0.3, 0.4) is 0 Å². The molecule has 0 saturated heterocycles. The molecule has 0 atom stereocenters. The zero-order chi connectivity index (χ0) is 14.6. The third kappa shape index (κ3) is 4.18. The van der Waals surface area contributed by atoms with Crippen molar-refractivity contribution in [3.05, 3.63) is 33.9 Å². The van der Waals surface area contributed by atoms with Crippen molar-refractivity contribution >= 4 is 21.4 Å². The largest absolute Gasteiger partial charge is 0.384 e. The van der Waals surface area contributed by atoms with Crippen molar-refractivity contribution in [2.75, 3.05) is 31.7 Å². The Morgan fingerprint density at radius 2 is 2.00 bits per heavy atom. The van der Waals surface area contributed by atoms with Crippen LogP contribution in [0.25, 0.3) is 0 Å². The summed E-state index contributed by atoms with van der Waals surface area (Å²) in [7, 11) is -0.337. The van der Waals surface area contributed by atoms with Gasteiger partial charge in [-0.05, 0) is 13.0 Å². The van der Waals surface area contributed by atoms with Gasteiger partial charge in [0.15, 0.2) is 0 Å². The third-order valence-electron chi connectivity index (χ3n) is 2.65. The number of nitrogens with one attached hydrogen (secondary N) is 1. The van der Waals surface area contributed by atoms with Gasteiger partial charge in [-0.25, -0.2) is 12.7 Å². The van der Waals surface area contributed by atoms with Crippen molar-refractivity contribution in [1.29, 1.82) is 0 Å². The van der Waals surface area contributed by atoms with Gasteiger partial charge in [-0.2, -0.15) is 0 Å². The van der Waals surface area contributed by atoms with Gasteiger partial charge in [-0.1, -0.05) is 6.07 Å². The summed E-state index contributed by atoms with van der Waals surface area (Å²) in [6.07, 6.45) is 0. The number of nitro benzene ring substituents is 1. The highest BCUT2D eigenvalue weighted by atomic mass is 32.2. The lowest BCUT2D eigenvalue weighted by molar-refractivity contribution is -0.385. The second-order valence-corrected chi connectivity index (χ2v) is 6.59. The summed E-state index contributed by atoms with van der Waals surface area (Å²) in [5.74, 6) is -0.0678. The van der Waals surface area contributed by atoms with Gasteiger partial charge in [-0.3, -0.25) is 10.1 Å². The summed E-state index contributed by atoms with van der Waals surface area (Å²) >= 11 is 0. The summed E-state index contributed by atoms with van der Waals surface area (Å²) in [6, 6.07) is 4.71. The maximum atomic E-state index is 11.5. The first-order valence-electron chi connectivity index (χ1n) is 5.63. The highest BCUT2D eigenvalue weighted by Crippen LogP contribution is 2.22. The molecular formula is C11H17N3O4S. The highest BCUT2D eigenvalue weighted by molar-refractivity contribution is 7.89. The number of sulfonamides is 1. The Hall–Kier alpha value is -1.67. The normalized spacial score (nSPS) is 11.6. The molecule has 0 fully saturated rings. The zero-order valence-corrected chi connectivity index (χ0v) is 11.9. The number of hydrogen-bond acceptors (Lipinski definition) is 5. The van der Waals surface area contributed by atoms with E-state index < -0.39 is 14.9 Å². The summed E-state index contributed by atoms with van der Waals surface area (Å²) in [6.45, 7) is 1.85. The maximum absolute atomic E-state index is 11.5. The van der Waals surface area contributed by atoms with Crippen molar-refractivity contribution in [2.45, 2.75) is 6.92 Å². The van der Waals surface area contributed by atoms with Gasteiger partial charge in [0.2, 0.25) is 10.0 Å². The van der Waals surface area contributed by atoms with Crippen LogP contribution in [0, 0.1) is 17.0 Å². The number of hydrogen-bond donors (Lipinski definition) is 1. The first-order chi connectivity index (χ1) is 8.74. The van der Waals surface area contributed by atoms with Gasteiger partial charge in [0.25, 0.3) is 5.69 Å². The van der Waals surface area contributed by atoms with Crippen molar-refractivity contribution in [3.63, 3.8) is 0 Å². The standard InChI is InChI=1S/C11H17N3O4S/c1-9-4-5-10(8-11(9)14(15)16)12-6-7-19(17,18)13(2)3/h4-5,8,12H,6-7H2,1-3H3. The molecule has 0 aliphatic heterocycles. The minimum Gasteiger partial charge on any atom is -0.384 e. The molecule has 7 nitrogen and oxygen atoms in total. The molecule has 1 aromatic carbocycles. The molecule has 0 aliphatic rings. The van der Waals surface area contributed by atoms with E-state index in [0.717, 1.165) is 4.31 Å². The monoisotopic (exact) mass is 287 g/mol. The molecule has 19 heavy (non-hydrogen) atoms. The second kappa shape index (κ2) is 5.98. The van der Waals surface area contributed by atoms with Crippen LogP contribution < -0.4 is 5.32 Å². The molecule has 0 aliphatic carbocycles. The molecule has 0 unspecified atom stereocenters. The smallest absolute Gasteiger partial charge is 0.274 e. The SMILES string of the molecule is Cc1ccc(NCCS(=O)(=O)N(C)C)cc1[N+](=O)[O-]. The van der Waals surface area contributed by atoms with Crippen LogP contribution in [0.4, 0.5) is 11.4 Å². The maximum Gasteiger partial charge on any atom is 0.274 e. The van der Waals surface area contributed by atoms with E-state index in [9.17, 15) is 18.5 Å². The first-order valence-corrected chi connectivity index (χ1v) is 7.24. The molecule has 106 valence electrons. The molecule has 0 heterocycles. The Bertz CT molecular complexity index is 569. The number of aryl methyl sites for hydroxylation is 1. The molecule has 0 aromatic heterocycles. The number of nitro groups is 1. The van der Waals surface area contributed by atoms with Crippen LogP contribution >= 0.6 is 0 Å². The Labute approximate surface area is 112 Å². The Kier molecular flexibility index (Phi) is 4.84. The fraction of sp³-hybridized carbons (Fsp3) is 0.455. The molecule has 1 rings (SSSR count). The van der Waals surface area contributed by atoms with Crippen LogP contribution in [0.2, 0.25) is 0 Å². The van der Waals surface area contributed by atoms with E-state index in [-0.39, 0.29) is 18.0 Å². The second-order valence-electron chi connectivity index (χ2n) is 4.28. The number of benzene rings is 1. The lowest BCUT2D eigenvalue weighted by Crippen LogP contribution is -2.28. The zero-order valence-electron chi connectivity index (χ0n) is 11.1. The van der Waals surface area contributed by atoms with Crippen molar-refractivity contribution in [1.82, 2.24) is 4.31 Å². The fourth-order valence-electron chi connectivity index (χ4n) is 1.42. The lowest BCUT2D eigenvalue weighted by atomic mass is 10.2. The van der Waals surface area contributed by atoms with Crippen LogP contribution in [0.5, 0.6) is 0 Å². The number of anilines is 1. The van der Waals surface area contributed by atoms with Crippen LogP contribution in [-0.4, -0.2) is 44.0 Å². The van der Waals surface area contributed by atoms with Crippen molar-refractivity contribution in [2.24, 2.45) is 0 Å². The minimum atomic E-state index is -3.27. The number of rotatable bonds is 6. The molecule has 0 bridgehead atoms. The average Bonchev–Trinajstić information content (AvgIpc) is 2.30. The van der Waals surface area contributed by atoms with Gasteiger partial charge in [0.05, 0.1) is 10.7 Å². The predicted molar refractivity (Wildman–Crippen MR) is 73.8 cm³/mol. The van der Waals surface area contributed by atoms with Gasteiger partial charge in [0.1, 0.15) is 0 Å². The number of nitrogens with zero attached hydrogens (tertiary/aromatic N) is 2. The van der Waals surface area contributed by atoms with Gasteiger partial charge in [0, 0.05) is 38.0 Å². The molecule has 0 saturated carbocycles. The average molecular weight is 287 g/mol. The first kappa shape index (κ1) is 15.4. The molecule has 1 aromatic rings. The Balaban J connectivity index is 2.70. The molecule has 8 heteroatoms. The Morgan fingerprint density at radius 3 is 2.53 bits per heavy atom. The summed E-state index contributed by atoms with van der Waals surface area (Å²) in [4.78, 5) is 10.3. The summed E-state index contributed by atoms with van der Waals surface area (Å²) in [5.41, 5.74) is 1.11. The van der Waals surface area contributed by atoms with E-state index >= 15 is 0 Å². The molecule has 1 N–H and O–H groups in total.